The number of aliphatic hydroxyl groups excluding tert-OH is 1. The minimum Gasteiger partial charge on any atom is -0.489 e. The van der Waals surface area contributed by atoms with Crippen LogP contribution in [0.25, 0.3) is 11.1 Å². The summed E-state index contributed by atoms with van der Waals surface area (Å²) in [5.41, 5.74) is 11.7. The Morgan fingerprint density at radius 1 is 1.00 bits per heavy atom. The third-order valence-corrected chi connectivity index (χ3v) is 5.19. The van der Waals surface area contributed by atoms with Crippen molar-refractivity contribution in [2.45, 2.75) is 45.4 Å². The lowest BCUT2D eigenvalue weighted by molar-refractivity contribution is -0.136. The van der Waals surface area contributed by atoms with Crippen molar-refractivity contribution in [3.8, 4) is 16.9 Å². The van der Waals surface area contributed by atoms with Gasteiger partial charge in [0.2, 0.25) is 0 Å². The van der Waals surface area contributed by atoms with Crippen LogP contribution in [0, 0.1) is 0 Å². The summed E-state index contributed by atoms with van der Waals surface area (Å²) in [6, 6.07) is 21.2. The molecular weight excluding hydrogens is 390 g/mol. The van der Waals surface area contributed by atoms with Gasteiger partial charge in [0.15, 0.2) is 0 Å². The first kappa shape index (κ1) is 22.5. The zero-order valence-corrected chi connectivity index (χ0v) is 17.8. The summed E-state index contributed by atoms with van der Waals surface area (Å²) in [6.45, 7) is 2.31. The lowest BCUT2D eigenvalue weighted by Gasteiger charge is -2.15. The van der Waals surface area contributed by atoms with E-state index in [0.29, 0.717) is 11.3 Å². The Bertz CT molecular complexity index is 1030. The number of carboxylic acids is 1. The minimum atomic E-state index is -0.901. The monoisotopic (exact) mass is 419 g/mol. The van der Waals surface area contributed by atoms with Gasteiger partial charge in [0.05, 0.1) is 13.0 Å². The van der Waals surface area contributed by atoms with E-state index in [0.717, 1.165) is 40.7 Å². The predicted molar refractivity (Wildman–Crippen MR) is 122 cm³/mol. The second-order valence-electron chi connectivity index (χ2n) is 7.68. The molecule has 0 fully saturated rings. The fraction of sp³-hybridized carbons (Fsp3) is 0.269. The Morgan fingerprint density at radius 2 is 1.77 bits per heavy atom. The Morgan fingerprint density at radius 3 is 2.52 bits per heavy atom. The van der Waals surface area contributed by atoms with E-state index in [1.54, 1.807) is 18.2 Å². The number of rotatable bonds is 10. The molecule has 3 aromatic rings. The van der Waals surface area contributed by atoms with Crippen LogP contribution in [0.5, 0.6) is 5.75 Å². The van der Waals surface area contributed by atoms with Crippen LogP contribution in [0.2, 0.25) is 0 Å². The maximum Gasteiger partial charge on any atom is 0.307 e. The third kappa shape index (κ3) is 6.17. The van der Waals surface area contributed by atoms with Gasteiger partial charge in [-0.05, 0) is 58.5 Å². The van der Waals surface area contributed by atoms with Crippen molar-refractivity contribution in [2.24, 2.45) is 5.73 Å². The van der Waals surface area contributed by atoms with E-state index in [2.05, 4.69) is 13.0 Å². The number of hydrogen-bond donors (Lipinski definition) is 3. The number of ether oxygens (including phenoxy) is 1. The van der Waals surface area contributed by atoms with Gasteiger partial charge in [-0.25, -0.2) is 0 Å². The van der Waals surface area contributed by atoms with Gasteiger partial charge in [0, 0.05) is 11.6 Å². The Balaban J connectivity index is 1.85. The number of benzene rings is 3. The van der Waals surface area contributed by atoms with Crippen LogP contribution in [0.1, 0.15) is 48.1 Å². The zero-order valence-electron chi connectivity index (χ0n) is 17.8. The first-order valence-electron chi connectivity index (χ1n) is 10.5. The molecule has 0 amide bonds. The van der Waals surface area contributed by atoms with E-state index in [4.69, 9.17) is 15.6 Å². The number of aliphatic hydroxyl groups is 1. The summed E-state index contributed by atoms with van der Waals surface area (Å²) in [7, 11) is 0. The molecule has 0 saturated heterocycles. The lowest BCUT2D eigenvalue weighted by Crippen LogP contribution is -2.09. The average Bonchev–Trinajstić information content (AvgIpc) is 2.78. The van der Waals surface area contributed by atoms with Gasteiger partial charge in [-0.15, -0.1) is 0 Å². The largest absolute Gasteiger partial charge is 0.489 e. The van der Waals surface area contributed by atoms with E-state index in [1.807, 2.05) is 42.5 Å². The highest BCUT2D eigenvalue weighted by Crippen LogP contribution is 2.27. The van der Waals surface area contributed by atoms with Gasteiger partial charge < -0.3 is 20.7 Å². The summed E-state index contributed by atoms with van der Waals surface area (Å²) in [5, 5.41) is 18.9. The summed E-state index contributed by atoms with van der Waals surface area (Å²) >= 11 is 0. The number of hydrogen-bond acceptors (Lipinski definition) is 4. The van der Waals surface area contributed by atoms with Crippen molar-refractivity contribution >= 4 is 5.97 Å². The average molecular weight is 420 g/mol. The highest BCUT2D eigenvalue weighted by atomic mass is 16.5. The highest BCUT2D eigenvalue weighted by Gasteiger charge is 2.10. The molecule has 3 aromatic carbocycles. The summed E-state index contributed by atoms with van der Waals surface area (Å²) < 4.78 is 5.94. The van der Waals surface area contributed by atoms with Crippen LogP contribution >= 0.6 is 0 Å². The van der Waals surface area contributed by atoms with Crippen LogP contribution in [0.4, 0.5) is 0 Å². The van der Waals surface area contributed by atoms with Gasteiger partial charge >= 0.3 is 5.97 Å². The SMILES string of the molecule is CCCC(N)c1cccc(-c2cc(CO)cc(COc3ccccc3CC(=O)O)c2)c1. The van der Waals surface area contributed by atoms with Gasteiger partial charge in [0.1, 0.15) is 12.4 Å². The molecule has 0 aromatic heterocycles. The molecular formula is C26H29NO4. The van der Waals surface area contributed by atoms with Crippen molar-refractivity contribution < 1.29 is 19.7 Å². The smallest absolute Gasteiger partial charge is 0.307 e. The van der Waals surface area contributed by atoms with Crippen molar-refractivity contribution in [3.05, 3.63) is 89.0 Å². The molecule has 0 aliphatic heterocycles. The van der Waals surface area contributed by atoms with Crippen LogP contribution in [0.3, 0.4) is 0 Å². The molecule has 0 heterocycles. The molecule has 0 saturated carbocycles. The molecule has 162 valence electrons. The minimum absolute atomic E-state index is 0.000449. The predicted octanol–water partition coefficient (Wildman–Crippen LogP) is 4.85. The van der Waals surface area contributed by atoms with Gasteiger partial charge in [-0.1, -0.05) is 55.8 Å². The fourth-order valence-corrected chi connectivity index (χ4v) is 3.65. The summed E-state index contributed by atoms with van der Waals surface area (Å²) in [6.07, 6.45) is 1.86. The van der Waals surface area contributed by atoms with Gasteiger partial charge in [-0.2, -0.15) is 0 Å². The van der Waals surface area contributed by atoms with Crippen LogP contribution in [-0.2, 0) is 24.4 Å². The lowest BCUT2D eigenvalue weighted by atomic mass is 9.95. The summed E-state index contributed by atoms with van der Waals surface area (Å²) in [5.74, 6) is -0.352. The normalized spacial score (nSPS) is 11.8. The summed E-state index contributed by atoms with van der Waals surface area (Å²) in [4.78, 5) is 11.1. The van der Waals surface area contributed by atoms with E-state index < -0.39 is 5.97 Å². The van der Waals surface area contributed by atoms with E-state index >= 15 is 0 Å². The molecule has 3 rings (SSSR count). The standard InChI is InChI=1S/C26H29NO4/c1-2-6-24(27)21-9-5-8-20(14-21)23-12-18(16-28)11-19(13-23)17-31-25-10-4-3-7-22(25)15-26(29)30/h3-5,7-14,24,28H,2,6,15-17,27H2,1H3,(H,29,30). The number of carboxylic acid groups (broad SMARTS) is 1. The van der Waals surface area contributed by atoms with E-state index in [-0.39, 0.29) is 25.7 Å². The Kier molecular flexibility index (Phi) is 7.82. The zero-order chi connectivity index (χ0) is 22.2. The van der Waals surface area contributed by atoms with Crippen molar-refractivity contribution in [2.75, 3.05) is 0 Å². The maximum atomic E-state index is 11.1. The molecule has 31 heavy (non-hydrogen) atoms. The molecule has 4 N–H and O–H groups in total. The van der Waals surface area contributed by atoms with Crippen molar-refractivity contribution in [1.82, 2.24) is 0 Å². The van der Waals surface area contributed by atoms with Crippen LogP contribution in [0.15, 0.2) is 66.7 Å². The Labute approximate surface area is 183 Å². The van der Waals surface area contributed by atoms with Crippen LogP contribution < -0.4 is 10.5 Å². The van der Waals surface area contributed by atoms with E-state index in [1.165, 1.54) is 0 Å². The van der Waals surface area contributed by atoms with Crippen LogP contribution in [-0.4, -0.2) is 16.2 Å². The fourth-order valence-electron chi connectivity index (χ4n) is 3.65. The molecule has 0 spiro atoms. The van der Waals surface area contributed by atoms with E-state index in [9.17, 15) is 9.90 Å². The van der Waals surface area contributed by atoms with Gasteiger partial charge in [0.25, 0.3) is 0 Å². The second kappa shape index (κ2) is 10.8. The first-order chi connectivity index (χ1) is 15.0. The third-order valence-electron chi connectivity index (χ3n) is 5.19. The van der Waals surface area contributed by atoms with Gasteiger partial charge in [-0.3, -0.25) is 4.79 Å². The molecule has 0 aliphatic carbocycles. The number of nitrogens with two attached hydrogens (primary N) is 1. The number of carbonyl (C=O) groups is 1. The molecule has 0 bridgehead atoms. The maximum absolute atomic E-state index is 11.1. The number of para-hydroxylation sites is 1. The topological polar surface area (TPSA) is 92.8 Å². The number of aliphatic carboxylic acids is 1. The molecule has 0 radical (unpaired) electrons. The second-order valence-corrected chi connectivity index (χ2v) is 7.68. The molecule has 5 nitrogen and oxygen atoms in total. The Hall–Kier alpha value is -3.15. The molecule has 1 atom stereocenters. The molecule has 0 aliphatic rings. The highest BCUT2D eigenvalue weighted by molar-refractivity contribution is 5.71. The van der Waals surface area contributed by atoms with Crippen molar-refractivity contribution in [1.29, 1.82) is 0 Å². The first-order valence-corrected chi connectivity index (χ1v) is 10.5. The quantitative estimate of drug-likeness (QED) is 0.437. The molecule has 5 heteroatoms. The molecule has 1 unspecified atom stereocenters. The van der Waals surface area contributed by atoms with Crippen molar-refractivity contribution in [3.63, 3.8) is 0 Å².